The van der Waals surface area contributed by atoms with Crippen LogP contribution in [0.25, 0.3) is 0 Å². The van der Waals surface area contributed by atoms with Crippen LogP contribution in [0.15, 0.2) is 28.7 Å². The van der Waals surface area contributed by atoms with Gasteiger partial charge in [0.1, 0.15) is 0 Å². The molecule has 0 heterocycles. The summed E-state index contributed by atoms with van der Waals surface area (Å²) in [7, 11) is 0. The Labute approximate surface area is 118 Å². The van der Waals surface area contributed by atoms with E-state index < -0.39 is 0 Å². The summed E-state index contributed by atoms with van der Waals surface area (Å²) >= 11 is 7.92. The fourth-order valence-corrected chi connectivity index (χ4v) is 2.72. The van der Waals surface area contributed by atoms with Gasteiger partial charge in [-0.05, 0) is 36.3 Å². The molecule has 0 aliphatic carbocycles. The Morgan fingerprint density at radius 3 is 2.53 bits per heavy atom. The van der Waals surface area contributed by atoms with Crippen LogP contribution in [0.4, 0.5) is 0 Å². The number of benzene rings is 1. The van der Waals surface area contributed by atoms with Gasteiger partial charge in [0.2, 0.25) is 0 Å². The molecule has 1 nitrogen and oxygen atoms in total. The van der Waals surface area contributed by atoms with Crippen LogP contribution in [0.2, 0.25) is 0 Å². The summed E-state index contributed by atoms with van der Waals surface area (Å²) in [5, 5.41) is 0. The Bertz CT molecular complexity index is 328. The molecular formula is C14H21BrOS. The average molecular weight is 317 g/mol. The minimum atomic E-state index is 0.231. The number of thiol groups is 1. The van der Waals surface area contributed by atoms with Gasteiger partial charge >= 0.3 is 0 Å². The zero-order valence-corrected chi connectivity index (χ0v) is 13.1. The fourth-order valence-electron chi connectivity index (χ4n) is 1.74. The van der Waals surface area contributed by atoms with E-state index in [1.165, 1.54) is 5.56 Å². The summed E-state index contributed by atoms with van der Waals surface area (Å²) in [6.07, 6.45) is 2.23. The zero-order chi connectivity index (χ0) is 12.7. The van der Waals surface area contributed by atoms with Gasteiger partial charge in [0.25, 0.3) is 0 Å². The molecule has 3 heteroatoms. The molecule has 0 aromatic heterocycles. The smallest absolute Gasteiger partial charge is 0.0717 e. The molecule has 0 fully saturated rings. The summed E-state index contributed by atoms with van der Waals surface area (Å²) in [5.74, 6) is 0.887. The molecule has 96 valence electrons. The molecule has 0 N–H and O–H groups in total. The standard InChI is InChI=1S/C14H21BrOS/c1-3-14(4-2,11-17)10-16-9-12-6-5-7-13(15)8-12/h5-8,17H,3-4,9-11H2,1-2H3. The van der Waals surface area contributed by atoms with Gasteiger partial charge in [-0.25, -0.2) is 0 Å². The third-order valence-electron chi connectivity index (χ3n) is 3.40. The number of rotatable bonds is 7. The van der Waals surface area contributed by atoms with E-state index in [-0.39, 0.29) is 5.41 Å². The Kier molecular flexibility index (Phi) is 6.60. The highest BCUT2D eigenvalue weighted by molar-refractivity contribution is 9.10. The quantitative estimate of drug-likeness (QED) is 0.717. The van der Waals surface area contributed by atoms with E-state index in [1.54, 1.807) is 0 Å². The molecule has 0 radical (unpaired) electrons. The van der Waals surface area contributed by atoms with Crippen molar-refractivity contribution in [2.45, 2.75) is 33.3 Å². The molecular weight excluding hydrogens is 296 g/mol. The maximum Gasteiger partial charge on any atom is 0.0717 e. The van der Waals surface area contributed by atoms with Gasteiger partial charge in [-0.3, -0.25) is 0 Å². The SMILES string of the molecule is CCC(CC)(CS)COCc1cccc(Br)c1. The van der Waals surface area contributed by atoms with Gasteiger partial charge in [-0.1, -0.05) is 41.9 Å². The van der Waals surface area contributed by atoms with Crippen LogP contribution in [0.3, 0.4) is 0 Å². The molecule has 0 spiro atoms. The first-order valence-electron chi connectivity index (χ1n) is 6.09. The second-order valence-electron chi connectivity index (χ2n) is 4.49. The van der Waals surface area contributed by atoms with Gasteiger partial charge in [0.15, 0.2) is 0 Å². The Hall–Kier alpha value is 0.01000. The lowest BCUT2D eigenvalue weighted by Gasteiger charge is -2.29. The van der Waals surface area contributed by atoms with E-state index in [2.05, 4.69) is 54.5 Å². The van der Waals surface area contributed by atoms with Crippen molar-refractivity contribution in [3.05, 3.63) is 34.3 Å². The normalized spacial score (nSPS) is 11.8. The molecule has 0 amide bonds. The third kappa shape index (κ3) is 4.65. The zero-order valence-electron chi connectivity index (χ0n) is 10.6. The first-order valence-corrected chi connectivity index (χ1v) is 7.51. The highest BCUT2D eigenvalue weighted by Crippen LogP contribution is 2.28. The number of halogens is 1. The summed E-state index contributed by atoms with van der Waals surface area (Å²) in [4.78, 5) is 0. The lowest BCUT2D eigenvalue weighted by atomic mass is 9.85. The van der Waals surface area contributed by atoms with E-state index >= 15 is 0 Å². The van der Waals surface area contributed by atoms with Crippen LogP contribution in [0, 0.1) is 5.41 Å². The van der Waals surface area contributed by atoms with E-state index in [9.17, 15) is 0 Å². The van der Waals surface area contributed by atoms with Gasteiger partial charge in [-0.15, -0.1) is 0 Å². The second kappa shape index (κ2) is 7.45. The minimum absolute atomic E-state index is 0.231. The monoisotopic (exact) mass is 316 g/mol. The molecule has 0 atom stereocenters. The van der Waals surface area contributed by atoms with E-state index in [4.69, 9.17) is 4.74 Å². The lowest BCUT2D eigenvalue weighted by Crippen LogP contribution is -2.27. The molecule has 1 aromatic carbocycles. The highest BCUT2D eigenvalue weighted by atomic mass is 79.9. The van der Waals surface area contributed by atoms with Gasteiger partial charge < -0.3 is 4.74 Å². The number of hydrogen-bond donors (Lipinski definition) is 1. The van der Waals surface area contributed by atoms with Gasteiger partial charge in [0, 0.05) is 9.89 Å². The second-order valence-corrected chi connectivity index (χ2v) is 5.72. The molecule has 1 rings (SSSR count). The lowest BCUT2D eigenvalue weighted by molar-refractivity contribution is 0.0408. The molecule has 1 aromatic rings. The van der Waals surface area contributed by atoms with Crippen molar-refractivity contribution in [3.8, 4) is 0 Å². The van der Waals surface area contributed by atoms with Gasteiger partial charge in [-0.2, -0.15) is 12.6 Å². The molecule has 0 aliphatic rings. The largest absolute Gasteiger partial charge is 0.376 e. The molecule has 0 saturated carbocycles. The Morgan fingerprint density at radius 1 is 1.29 bits per heavy atom. The molecule has 0 unspecified atom stereocenters. The van der Waals surface area contributed by atoms with Crippen molar-refractivity contribution in [2.24, 2.45) is 5.41 Å². The van der Waals surface area contributed by atoms with E-state index in [1.807, 2.05) is 12.1 Å². The molecule has 0 aliphatic heterocycles. The summed E-state index contributed by atoms with van der Waals surface area (Å²) in [5.41, 5.74) is 1.44. The topological polar surface area (TPSA) is 9.23 Å². The Balaban J connectivity index is 2.46. The molecule has 0 bridgehead atoms. The maximum absolute atomic E-state index is 5.84. The Morgan fingerprint density at radius 2 is 2.00 bits per heavy atom. The van der Waals surface area contributed by atoms with E-state index in [0.717, 1.165) is 29.7 Å². The van der Waals surface area contributed by atoms with Gasteiger partial charge in [0.05, 0.1) is 13.2 Å². The van der Waals surface area contributed by atoms with E-state index in [0.29, 0.717) is 6.61 Å². The van der Waals surface area contributed by atoms with Crippen LogP contribution < -0.4 is 0 Å². The van der Waals surface area contributed by atoms with Crippen LogP contribution in [-0.4, -0.2) is 12.4 Å². The van der Waals surface area contributed by atoms with Crippen molar-refractivity contribution in [3.63, 3.8) is 0 Å². The third-order valence-corrected chi connectivity index (χ3v) is 4.57. The summed E-state index contributed by atoms with van der Waals surface area (Å²) in [6, 6.07) is 8.25. The average Bonchev–Trinajstić information content (AvgIpc) is 2.35. The minimum Gasteiger partial charge on any atom is -0.376 e. The maximum atomic E-state index is 5.84. The van der Waals surface area contributed by atoms with Crippen molar-refractivity contribution in [2.75, 3.05) is 12.4 Å². The van der Waals surface area contributed by atoms with Crippen molar-refractivity contribution in [1.29, 1.82) is 0 Å². The summed E-state index contributed by atoms with van der Waals surface area (Å²) in [6.45, 7) is 5.88. The molecule has 0 saturated heterocycles. The predicted octanol–water partition coefficient (Wildman–Crippen LogP) is 4.70. The molecule has 17 heavy (non-hydrogen) atoms. The van der Waals surface area contributed by atoms with Crippen LogP contribution in [-0.2, 0) is 11.3 Å². The number of hydrogen-bond acceptors (Lipinski definition) is 2. The van der Waals surface area contributed by atoms with Crippen LogP contribution in [0.1, 0.15) is 32.3 Å². The first kappa shape index (κ1) is 15.1. The van der Waals surface area contributed by atoms with Crippen molar-refractivity contribution in [1.82, 2.24) is 0 Å². The predicted molar refractivity (Wildman–Crippen MR) is 80.7 cm³/mol. The summed E-state index contributed by atoms with van der Waals surface area (Å²) < 4.78 is 6.95. The van der Waals surface area contributed by atoms with Crippen LogP contribution in [0.5, 0.6) is 0 Å². The van der Waals surface area contributed by atoms with Crippen molar-refractivity contribution < 1.29 is 4.74 Å². The fraction of sp³-hybridized carbons (Fsp3) is 0.571. The van der Waals surface area contributed by atoms with Crippen LogP contribution >= 0.6 is 28.6 Å². The number of ether oxygens (including phenoxy) is 1. The first-order chi connectivity index (χ1) is 8.15. The van der Waals surface area contributed by atoms with Crippen molar-refractivity contribution >= 4 is 28.6 Å². The highest BCUT2D eigenvalue weighted by Gasteiger charge is 2.24.